The Balaban J connectivity index is 2.56. The smallest absolute Gasteiger partial charge is 0.269 e. The summed E-state index contributed by atoms with van der Waals surface area (Å²) < 4.78 is 0. The minimum absolute atomic E-state index is 0.135. The van der Waals surface area contributed by atoms with Gasteiger partial charge in [-0.1, -0.05) is 12.2 Å². The van der Waals surface area contributed by atoms with E-state index in [4.69, 9.17) is 0 Å². The minimum atomic E-state index is -0.135. The maximum absolute atomic E-state index is 11.6. The number of rotatable bonds is 6. The molecule has 0 aliphatic carbocycles. The molecule has 4 heteroatoms. The van der Waals surface area contributed by atoms with Crippen LogP contribution in [0.2, 0.25) is 0 Å². The van der Waals surface area contributed by atoms with E-state index >= 15 is 0 Å². The average Bonchev–Trinajstić information content (AvgIpc) is 2.35. The predicted octanol–water partition coefficient (Wildman–Crippen LogP) is 2.21. The lowest BCUT2D eigenvalue weighted by atomic mass is 10.3. The van der Waals surface area contributed by atoms with E-state index in [1.54, 1.807) is 12.3 Å². The molecule has 0 saturated heterocycles. The summed E-state index contributed by atoms with van der Waals surface area (Å²) in [6, 6.07) is 3.62. The highest BCUT2D eigenvalue weighted by atomic mass is 16.1. The third-order valence-electron chi connectivity index (χ3n) is 2.21. The second kappa shape index (κ2) is 7.44. The van der Waals surface area contributed by atoms with Crippen molar-refractivity contribution in [3.05, 3.63) is 36.2 Å². The van der Waals surface area contributed by atoms with Gasteiger partial charge in [-0.3, -0.25) is 9.78 Å². The molecule has 0 bridgehead atoms. The van der Waals surface area contributed by atoms with E-state index in [2.05, 4.69) is 21.7 Å². The van der Waals surface area contributed by atoms with Gasteiger partial charge in [-0.2, -0.15) is 0 Å². The molecule has 17 heavy (non-hydrogen) atoms. The largest absolute Gasteiger partial charge is 0.385 e. The van der Waals surface area contributed by atoms with E-state index in [9.17, 15) is 4.79 Å². The fourth-order valence-corrected chi connectivity index (χ4v) is 1.38. The van der Waals surface area contributed by atoms with Crippen molar-refractivity contribution in [1.82, 2.24) is 10.3 Å². The van der Waals surface area contributed by atoms with E-state index in [0.29, 0.717) is 12.2 Å². The van der Waals surface area contributed by atoms with Gasteiger partial charge in [-0.15, -0.1) is 0 Å². The lowest BCUT2D eigenvalue weighted by Crippen LogP contribution is -2.23. The van der Waals surface area contributed by atoms with Crippen LogP contribution in [0, 0.1) is 0 Å². The summed E-state index contributed by atoms with van der Waals surface area (Å²) >= 11 is 0. The second-order valence-corrected chi connectivity index (χ2v) is 3.57. The number of carbonyl (C=O) groups is 1. The summed E-state index contributed by atoms with van der Waals surface area (Å²) in [5.74, 6) is -0.135. The number of carbonyl (C=O) groups excluding carboxylic acids is 1. The van der Waals surface area contributed by atoms with Crippen molar-refractivity contribution in [2.45, 2.75) is 20.3 Å². The summed E-state index contributed by atoms with van der Waals surface area (Å²) in [7, 11) is 0. The molecule has 0 unspecified atom stereocenters. The number of allylic oxidation sites excluding steroid dienone is 1. The highest BCUT2D eigenvalue weighted by Crippen LogP contribution is 2.07. The number of pyridine rings is 1. The molecule has 1 heterocycles. The highest BCUT2D eigenvalue weighted by Gasteiger charge is 2.05. The van der Waals surface area contributed by atoms with E-state index in [-0.39, 0.29) is 5.91 Å². The molecule has 0 spiro atoms. The topological polar surface area (TPSA) is 54.0 Å². The summed E-state index contributed by atoms with van der Waals surface area (Å²) in [6.45, 7) is 5.35. The van der Waals surface area contributed by atoms with Crippen molar-refractivity contribution in [1.29, 1.82) is 0 Å². The number of nitrogens with zero attached hydrogens (tertiary/aromatic N) is 1. The fourth-order valence-electron chi connectivity index (χ4n) is 1.38. The number of anilines is 1. The Morgan fingerprint density at radius 1 is 1.53 bits per heavy atom. The van der Waals surface area contributed by atoms with E-state index in [1.807, 2.05) is 26.0 Å². The average molecular weight is 233 g/mol. The first-order chi connectivity index (χ1) is 8.27. The molecule has 0 fully saturated rings. The Bertz CT molecular complexity index is 388. The molecular weight excluding hydrogens is 214 g/mol. The summed E-state index contributed by atoms with van der Waals surface area (Å²) in [4.78, 5) is 15.6. The maximum Gasteiger partial charge on any atom is 0.269 e. The van der Waals surface area contributed by atoms with Crippen molar-refractivity contribution < 1.29 is 4.79 Å². The first kappa shape index (κ1) is 13.2. The predicted molar refractivity (Wildman–Crippen MR) is 70.2 cm³/mol. The van der Waals surface area contributed by atoms with Gasteiger partial charge in [0.05, 0.1) is 0 Å². The first-order valence-electron chi connectivity index (χ1n) is 5.87. The Labute approximate surface area is 102 Å². The van der Waals surface area contributed by atoms with Gasteiger partial charge in [-0.25, -0.2) is 0 Å². The zero-order valence-electron chi connectivity index (χ0n) is 10.4. The molecule has 1 aromatic rings. The van der Waals surface area contributed by atoms with Crippen LogP contribution in [0.1, 0.15) is 30.8 Å². The van der Waals surface area contributed by atoms with Gasteiger partial charge in [0.15, 0.2) is 0 Å². The summed E-state index contributed by atoms with van der Waals surface area (Å²) in [5.41, 5.74) is 1.37. The number of amides is 1. The van der Waals surface area contributed by atoms with Crippen LogP contribution in [-0.4, -0.2) is 24.0 Å². The van der Waals surface area contributed by atoms with Crippen molar-refractivity contribution in [3.63, 3.8) is 0 Å². The van der Waals surface area contributed by atoms with Crippen LogP contribution < -0.4 is 10.6 Å². The molecule has 1 rings (SSSR count). The molecule has 4 nitrogen and oxygen atoms in total. The van der Waals surface area contributed by atoms with Crippen LogP contribution >= 0.6 is 0 Å². The van der Waals surface area contributed by atoms with Crippen LogP contribution in [0.5, 0.6) is 0 Å². The lowest BCUT2D eigenvalue weighted by molar-refractivity contribution is 0.0951. The molecule has 0 aromatic carbocycles. The molecule has 0 atom stereocenters. The monoisotopic (exact) mass is 233 g/mol. The van der Waals surface area contributed by atoms with Gasteiger partial charge in [0.1, 0.15) is 5.69 Å². The van der Waals surface area contributed by atoms with Crippen LogP contribution in [0.15, 0.2) is 30.5 Å². The second-order valence-electron chi connectivity index (χ2n) is 3.57. The SMILES string of the molecule is C/C=C/CCNc1ccnc(C(=O)NCC)c1. The molecule has 0 saturated carbocycles. The van der Waals surface area contributed by atoms with Gasteiger partial charge in [0, 0.05) is 25.0 Å². The summed E-state index contributed by atoms with van der Waals surface area (Å²) in [5, 5.41) is 5.97. The summed E-state index contributed by atoms with van der Waals surface area (Å²) in [6.07, 6.45) is 6.73. The Hall–Kier alpha value is -1.84. The number of hydrogen-bond donors (Lipinski definition) is 2. The molecule has 1 aromatic heterocycles. The zero-order valence-corrected chi connectivity index (χ0v) is 10.4. The van der Waals surface area contributed by atoms with Gasteiger partial charge in [0.2, 0.25) is 0 Å². The molecule has 1 amide bonds. The Morgan fingerprint density at radius 2 is 2.35 bits per heavy atom. The van der Waals surface area contributed by atoms with Crippen molar-refractivity contribution >= 4 is 11.6 Å². The van der Waals surface area contributed by atoms with Gasteiger partial charge < -0.3 is 10.6 Å². The zero-order chi connectivity index (χ0) is 12.5. The maximum atomic E-state index is 11.6. The number of aromatic nitrogens is 1. The van der Waals surface area contributed by atoms with E-state index in [0.717, 1.165) is 18.7 Å². The number of nitrogens with one attached hydrogen (secondary N) is 2. The third kappa shape index (κ3) is 4.68. The fraction of sp³-hybridized carbons (Fsp3) is 0.385. The molecular formula is C13H19N3O. The van der Waals surface area contributed by atoms with Gasteiger partial charge in [0.25, 0.3) is 5.91 Å². The van der Waals surface area contributed by atoms with Crippen LogP contribution in [-0.2, 0) is 0 Å². The van der Waals surface area contributed by atoms with Crippen molar-refractivity contribution in [3.8, 4) is 0 Å². The molecule has 92 valence electrons. The van der Waals surface area contributed by atoms with Crippen LogP contribution in [0.4, 0.5) is 5.69 Å². The van der Waals surface area contributed by atoms with Gasteiger partial charge >= 0.3 is 0 Å². The Morgan fingerprint density at radius 3 is 3.06 bits per heavy atom. The highest BCUT2D eigenvalue weighted by molar-refractivity contribution is 5.93. The molecule has 0 aliphatic rings. The first-order valence-corrected chi connectivity index (χ1v) is 5.87. The standard InChI is InChI=1S/C13H19N3O/c1-3-5-6-8-15-11-7-9-16-12(10-11)13(17)14-4-2/h3,5,7,9-10H,4,6,8H2,1-2H3,(H,14,17)(H,15,16)/b5-3+. The van der Waals surface area contributed by atoms with Crippen molar-refractivity contribution in [2.24, 2.45) is 0 Å². The number of hydrogen-bond acceptors (Lipinski definition) is 3. The quantitative estimate of drug-likeness (QED) is 0.585. The van der Waals surface area contributed by atoms with Crippen LogP contribution in [0.3, 0.4) is 0 Å². The minimum Gasteiger partial charge on any atom is -0.385 e. The lowest BCUT2D eigenvalue weighted by Gasteiger charge is -2.06. The van der Waals surface area contributed by atoms with Crippen LogP contribution in [0.25, 0.3) is 0 Å². The third-order valence-corrected chi connectivity index (χ3v) is 2.21. The molecule has 2 N–H and O–H groups in total. The molecule has 0 radical (unpaired) electrons. The van der Waals surface area contributed by atoms with E-state index in [1.165, 1.54) is 0 Å². The molecule has 0 aliphatic heterocycles. The van der Waals surface area contributed by atoms with Crippen molar-refractivity contribution in [2.75, 3.05) is 18.4 Å². The van der Waals surface area contributed by atoms with E-state index < -0.39 is 0 Å². The normalized spacial score (nSPS) is 10.5. The Kier molecular flexibility index (Phi) is 5.79. The van der Waals surface area contributed by atoms with Gasteiger partial charge in [-0.05, 0) is 32.4 Å².